The van der Waals surface area contributed by atoms with E-state index in [0.717, 1.165) is 16.5 Å². The second kappa shape index (κ2) is 8.20. The fraction of sp³-hybridized carbons (Fsp3) is 0.190. The number of hydrogen-bond donors (Lipinski definition) is 1. The summed E-state index contributed by atoms with van der Waals surface area (Å²) < 4.78 is 31.5. The van der Waals surface area contributed by atoms with Crippen LogP contribution >= 0.6 is 11.6 Å². The quantitative estimate of drug-likeness (QED) is 0.432. The molecule has 146 valence electrons. The van der Waals surface area contributed by atoms with Gasteiger partial charge in [-0.05, 0) is 30.7 Å². The Morgan fingerprint density at radius 1 is 1.21 bits per heavy atom. The number of H-pyrrole nitrogens is 1. The van der Waals surface area contributed by atoms with Crippen LogP contribution in [-0.2, 0) is 25.8 Å². The van der Waals surface area contributed by atoms with Gasteiger partial charge in [-0.1, -0.05) is 53.6 Å². The zero-order valence-electron chi connectivity index (χ0n) is 15.3. The van der Waals surface area contributed by atoms with Crippen LogP contribution in [0.2, 0.25) is 5.02 Å². The SMILES string of the molecule is C=CC(c1ccc(C)cc1)S(=O)(=O)C(Cc1cc2c(Cl)cccc2[nH]1)OC=O. The maximum absolute atomic E-state index is 13.2. The summed E-state index contributed by atoms with van der Waals surface area (Å²) in [5.41, 5.74) is 1.61. The molecule has 0 fully saturated rings. The molecule has 1 N–H and O–H groups in total. The predicted molar refractivity (Wildman–Crippen MR) is 111 cm³/mol. The van der Waals surface area contributed by atoms with Crippen molar-refractivity contribution < 1.29 is 17.9 Å². The van der Waals surface area contributed by atoms with Gasteiger partial charge in [-0.25, -0.2) is 8.42 Å². The Morgan fingerprint density at radius 2 is 1.93 bits per heavy atom. The zero-order valence-corrected chi connectivity index (χ0v) is 16.8. The third-order valence-electron chi connectivity index (χ3n) is 4.60. The molecule has 3 rings (SSSR count). The fourth-order valence-electron chi connectivity index (χ4n) is 3.15. The number of hydrogen-bond acceptors (Lipinski definition) is 4. The molecule has 28 heavy (non-hydrogen) atoms. The molecule has 1 heterocycles. The van der Waals surface area contributed by atoms with Crippen molar-refractivity contribution in [2.45, 2.75) is 24.0 Å². The Hall–Kier alpha value is -2.57. The molecule has 1 aromatic heterocycles. The van der Waals surface area contributed by atoms with Crippen molar-refractivity contribution in [1.82, 2.24) is 4.98 Å². The first kappa shape index (κ1) is 20.2. The maximum Gasteiger partial charge on any atom is 0.294 e. The molecule has 0 aliphatic carbocycles. The summed E-state index contributed by atoms with van der Waals surface area (Å²) in [7, 11) is -3.91. The first-order chi connectivity index (χ1) is 13.4. The van der Waals surface area contributed by atoms with E-state index in [1.807, 2.05) is 25.1 Å². The molecule has 0 bridgehead atoms. The van der Waals surface area contributed by atoms with Crippen molar-refractivity contribution >= 4 is 38.8 Å². The lowest BCUT2D eigenvalue weighted by atomic mass is 10.1. The van der Waals surface area contributed by atoms with Crippen LogP contribution in [0.4, 0.5) is 0 Å². The lowest BCUT2D eigenvalue weighted by molar-refractivity contribution is -0.130. The minimum atomic E-state index is -3.91. The minimum Gasteiger partial charge on any atom is -0.448 e. The number of aromatic amines is 1. The van der Waals surface area contributed by atoms with E-state index in [9.17, 15) is 13.2 Å². The Kier molecular flexibility index (Phi) is 5.91. The third-order valence-corrected chi connectivity index (χ3v) is 7.11. The van der Waals surface area contributed by atoms with Gasteiger partial charge >= 0.3 is 0 Å². The smallest absolute Gasteiger partial charge is 0.294 e. The van der Waals surface area contributed by atoms with Crippen molar-refractivity contribution in [3.63, 3.8) is 0 Å². The Balaban J connectivity index is 1.96. The lowest BCUT2D eigenvalue weighted by Crippen LogP contribution is -2.30. The summed E-state index contributed by atoms with van der Waals surface area (Å²) in [6, 6.07) is 14.3. The van der Waals surface area contributed by atoms with E-state index in [-0.39, 0.29) is 12.9 Å². The van der Waals surface area contributed by atoms with E-state index in [2.05, 4.69) is 11.6 Å². The summed E-state index contributed by atoms with van der Waals surface area (Å²) in [5, 5.41) is 0.338. The van der Waals surface area contributed by atoms with Crippen LogP contribution in [0.3, 0.4) is 0 Å². The predicted octanol–water partition coefficient (Wildman–Crippen LogP) is 4.51. The summed E-state index contributed by atoms with van der Waals surface area (Å²) in [6.45, 7) is 5.75. The van der Waals surface area contributed by atoms with Crippen LogP contribution in [0.5, 0.6) is 0 Å². The van der Waals surface area contributed by atoms with Gasteiger partial charge in [0.25, 0.3) is 6.47 Å². The molecule has 0 aliphatic heterocycles. The first-order valence-electron chi connectivity index (χ1n) is 8.64. The number of halogens is 1. The molecule has 2 aromatic carbocycles. The van der Waals surface area contributed by atoms with Crippen LogP contribution in [-0.4, -0.2) is 25.3 Å². The molecular weight excluding hydrogens is 398 g/mol. The Morgan fingerprint density at radius 3 is 2.54 bits per heavy atom. The molecular formula is C21H20ClNO4S. The Labute approximate surface area is 168 Å². The van der Waals surface area contributed by atoms with Crippen molar-refractivity contribution in [3.05, 3.63) is 83.0 Å². The van der Waals surface area contributed by atoms with Crippen LogP contribution in [0.25, 0.3) is 10.9 Å². The number of nitrogens with one attached hydrogen (secondary N) is 1. The van der Waals surface area contributed by atoms with Crippen molar-refractivity contribution in [2.24, 2.45) is 0 Å². The first-order valence-corrected chi connectivity index (χ1v) is 10.6. The number of fused-ring (bicyclic) bond motifs is 1. The van der Waals surface area contributed by atoms with Gasteiger partial charge in [-0.2, -0.15) is 0 Å². The molecule has 0 aliphatic rings. The molecule has 5 nitrogen and oxygen atoms in total. The minimum absolute atomic E-state index is 0.0255. The highest BCUT2D eigenvalue weighted by atomic mass is 35.5. The topological polar surface area (TPSA) is 76.2 Å². The van der Waals surface area contributed by atoms with Gasteiger partial charge < -0.3 is 9.72 Å². The molecule has 2 atom stereocenters. The number of carbonyl (C=O) groups is 1. The van der Waals surface area contributed by atoms with E-state index in [1.165, 1.54) is 6.08 Å². The summed E-state index contributed by atoms with van der Waals surface area (Å²) in [5.74, 6) is 0. The molecule has 7 heteroatoms. The number of sulfone groups is 1. The maximum atomic E-state index is 13.2. The molecule has 0 amide bonds. The summed E-state index contributed by atoms with van der Waals surface area (Å²) >= 11 is 6.18. The van der Waals surface area contributed by atoms with Crippen LogP contribution in [0, 0.1) is 6.92 Å². The second-order valence-corrected chi connectivity index (χ2v) is 9.14. The lowest BCUT2D eigenvalue weighted by Gasteiger charge is -2.21. The summed E-state index contributed by atoms with van der Waals surface area (Å²) in [6.07, 6.45) is 1.32. The highest BCUT2D eigenvalue weighted by Crippen LogP contribution is 2.31. The standard InChI is InChI=1S/C21H20ClNO4S/c1-3-20(15-9-7-14(2)8-10-15)28(25,26)21(27-13-24)12-16-11-17-18(22)5-4-6-19(17)23-16/h3-11,13,20-21,23H,1,12H2,2H3. The van der Waals surface area contributed by atoms with Crippen LogP contribution in [0.15, 0.2) is 61.2 Å². The van der Waals surface area contributed by atoms with Gasteiger partial charge in [0.2, 0.25) is 5.44 Å². The highest BCUT2D eigenvalue weighted by molar-refractivity contribution is 7.92. The molecule has 3 aromatic rings. The largest absolute Gasteiger partial charge is 0.448 e. The van der Waals surface area contributed by atoms with Crippen molar-refractivity contribution in [3.8, 4) is 0 Å². The number of aromatic nitrogens is 1. The zero-order chi connectivity index (χ0) is 20.3. The number of benzene rings is 2. The number of ether oxygens (including phenoxy) is 1. The van der Waals surface area contributed by atoms with Crippen molar-refractivity contribution in [2.75, 3.05) is 0 Å². The Bertz CT molecular complexity index is 1100. The number of rotatable bonds is 8. The second-order valence-electron chi connectivity index (χ2n) is 6.52. The van der Waals surface area contributed by atoms with E-state index in [0.29, 0.717) is 16.3 Å². The monoisotopic (exact) mass is 417 g/mol. The molecule has 0 spiro atoms. The highest BCUT2D eigenvalue weighted by Gasteiger charge is 2.35. The molecule has 0 radical (unpaired) electrons. The average Bonchev–Trinajstić information content (AvgIpc) is 3.07. The molecule has 0 saturated heterocycles. The third kappa shape index (κ3) is 3.98. The van der Waals surface area contributed by atoms with Crippen molar-refractivity contribution in [1.29, 1.82) is 0 Å². The van der Waals surface area contributed by atoms with E-state index in [4.69, 9.17) is 16.3 Å². The van der Waals surface area contributed by atoms with Gasteiger partial charge in [0.15, 0.2) is 9.84 Å². The van der Waals surface area contributed by atoms with Gasteiger partial charge in [-0.15, -0.1) is 6.58 Å². The van der Waals surface area contributed by atoms with E-state index >= 15 is 0 Å². The van der Waals surface area contributed by atoms with Gasteiger partial charge in [0, 0.05) is 28.0 Å². The normalized spacial score (nSPS) is 13.8. The van der Waals surface area contributed by atoms with Gasteiger partial charge in [-0.3, -0.25) is 4.79 Å². The number of aryl methyl sites for hydroxylation is 1. The number of carbonyl (C=O) groups excluding carboxylic acids is 1. The molecule has 0 saturated carbocycles. The summed E-state index contributed by atoms with van der Waals surface area (Å²) in [4.78, 5) is 14.2. The van der Waals surface area contributed by atoms with Crippen LogP contribution in [0.1, 0.15) is 22.1 Å². The average molecular weight is 418 g/mol. The van der Waals surface area contributed by atoms with E-state index in [1.54, 1.807) is 30.3 Å². The fourth-order valence-corrected chi connectivity index (χ4v) is 5.12. The van der Waals surface area contributed by atoms with E-state index < -0.39 is 20.5 Å². The molecule has 2 unspecified atom stereocenters. The van der Waals surface area contributed by atoms with Gasteiger partial charge in [0.05, 0.1) is 0 Å². The van der Waals surface area contributed by atoms with Crippen LogP contribution < -0.4 is 0 Å². The van der Waals surface area contributed by atoms with Gasteiger partial charge in [0.1, 0.15) is 5.25 Å².